The monoisotopic (exact) mass is 401 g/mol. The molecule has 0 fully saturated rings. The van der Waals surface area contributed by atoms with Gasteiger partial charge in [0.2, 0.25) is 0 Å². The van der Waals surface area contributed by atoms with E-state index in [9.17, 15) is 17.6 Å². The molecular formula is C18H16FN5O3S. The molecule has 0 atom stereocenters. The summed E-state index contributed by atoms with van der Waals surface area (Å²) in [4.78, 5) is 19.4. The maximum atomic E-state index is 13.1. The number of rotatable bonds is 6. The van der Waals surface area contributed by atoms with Gasteiger partial charge in [0.25, 0.3) is 10.0 Å². The van der Waals surface area contributed by atoms with Crippen LogP contribution in [0.4, 0.5) is 20.6 Å². The highest BCUT2D eigenvalue weighted by molar-refractivity contribution is 7.92. The third kappa shape index (κ3) is 5.24. The van der Waals surface area contributed by atoms with Crippen molar-refractivity contribution >= 4 is 27.4 Å². The molecule has 2 amide bonds. The van der Waals surface area contributed by atoms with Crippen molar-refractivity contribution in [1.29, 1.82) is 0 Å². The van der Waals surface area contributed by atoms with E-state index < -0.39 is 21.9 Å². The van der Waals surface area contributed by atoms with Crippen LogP contribution in [0, 0.1) is 5.82 Å². The maximum absolute atomic E-state index is 13.1. The molecule has 0 spiro atoms. The Morgan fingerprint density at radius 3 is 2.46 bits per heavy atom. The van der Waals surface area contributed by atoms with Crippen LogP contribution in [0.3, 0.4) is 0 Å². The van der Waals surface area contributed by atoms with Crippen molar-refractivity contribution in [3.8, 4) is 0 Å². The number of hydrogen-bond donors (Lipinski definition) is 3. The lowest BCUT2D eigenvalue weighted by molar-refractivity contribution is 0.251. The van der Waals surface area contributed by atoms with Crippen molar-refractivity contribution in [2.24, 2.45) is 0 Å². The van der Waals surface area contributed by atoms with Crippen LogP contribution in [0.15, 0.2) is 72.1 Å². The third-order valence-electron chi connectivity index (χ3n) is 3.56. The largest absolute Gasteiger partial charge is 0.334 e. The fraction of sp³-hybridized carbons (Fsp3) is 0.0556. The van der Waals surface area contributed by atoms with Crippen LogP contribution < -0.4 is 15.4 Å². The van der Waals surface area contributed by atoms with Crippen LogP contribution in [-0.4, -0.2) is 24.4 Å². The van der Waals surface area contributed by atoms with Crippen LogP contribution >= 0.6 is 0 Å². The lowest BCUT2D eigenvalue weighted by Gasteiger charge is -2.10. The number of nitrogens with one attached hydrogen (secondary N) is 3. The van der Waals surface area contributed by atoms with Gasteiger partial charge in [-0.1, -0.05) is 6.07 Å². The van der Waals surface area contributed by atoms with Crippen LogP contribution in [0.25, 0.3) is 0 Å². The molecular weight excluding hydrogens is 385 g/mol. The summed E-state index contributed by atoms with van der Waals surface area (Å²) in [5, 5.41) is 5.27. The summed E-state index contributed by atoms with van der Waals surface area (Å²) in [6, 6.07) is 9.72. The van der Waals surface area contributed by atoms with E-state index in [2.05, 4.69) is 25.3 Å². The molecule has 3 rings (SSSR count). The van der Waals surface area contributed by atoms with Gasteiger partial charge in [0.05, 0.1) is 23.0 Å². The van der Waals surface area contributed by atoms with Gasteiger partial charge in [-0.25, -0.2) is 17.6 Å². The first-order valence-corrected chi connectivity index (χ1v) is 9.58. The standard InChI is InChI=1S/C18H16FN5O3S/c19-14-8-16(12-21-11-14)24-28(26,27)17-5-3-15(4-6-17)23-18(25)22-10-13-2-1-7-20-9-13/h1-9,11-12,24H,10H2,(H2,22,23,25). The number of nitrogens with zero attached hydrogens (tertiary/aromatic N) is 2. The van der Waals surface area contributed by atoms with E-state index >= 15 is 0 Å². The average Bonchev–Trinajstić information content (AvgIpc) is 2.67. The highest BCUT2D eigenvalue weighted by Gasteiger charge is 2.15. The number of anilines is 2. The van der Waals surface area contributed by atoms with Crippen molar-refractivity contribution < 1.29 is 17.6 Å². The molecule has 2 aromatic heterocycles. The molecule has 10 heteroatoms. The molecule has 0 radical (unpaired) electrons. The molecule has 0 unspecified atom stereocenters. The highest BCUT2D eigenvalue weighted by atomic mass is 32.2. The number of aromatic nitrogens is 2. The Morgan fingerprint density at radius 2 is 1.79 bits per heavy atom. The number of sulfonamides is 1. The fourth-order valence-corrected chi connectivity index (χ4v) is 3.29. The second-order valence-corrected chi connectivity index (χ2v) is 7.37. The summed E-state index contributed by atoms with van der Waals surface area (Å²) in [5.74, 6) is -0.656. The molecule has 0 saturated carbocycles. The summed E-state index contributed by atoms with van der Waals surface area (Å²) in [5.41, 5.74) is 1.27. The van der Waals surface area contributed by atoms with Gasteiger partial charge >= 0.3 is 6.03 Å². The van der Waals surface area contributed by atoms with Gasteiger partial charge in [-0.15, -0.1) is 0 Å². The van der Waals surface area contributed by atoms with Gasteiger partial charge in [0.15, 0.2) is 0 Å². The van der Waals surface area contributed by atoms with E-state index in [4.69, 9.17) is 0 Å². The van der Waals surface area contributed by atoms with Crippen LogP contribution in [0.1, 0.15) is 5.56 Å². The summed E-state index contributed by atoms with van der Waals surface area (Å²) >= 11 is 0. The Balaban J connectivity index is 1.60. The minimum Gasteiger partial charge on any atom is -0.334 e. The van der Waals surface area contributed by atoms with Gasteiger partial charge < -0.3 is 10.6 Å². The zero-order valence-electron chi connectivity index (χ0n) is 14.5. The van der Waals surface area contributed by atoms with E-state index in [0.29, 0.717) is 12.2 Å². The second-order valence-electron chi connectivity index (χ2n) is 5.69. The average molecular weight is 401 g/mol. The lowest BCUT2D eigenvalue weighted by Crippen LogP contribution is -2.28. The molecule has 2 heterocycles. The molecule has 0 aliphatic heterocycles. The zero-order valence-corrected chi connectivity index (χ0v) is 15.3. The van der Waals surface area contributed by atoms with Crippen molar-refractivity contribution in [2.45, 2.75) is 11.4 Å². The minimum atomic E-state index is -3.91. The molecule has 144 valence electrons. The highest BCUT2D eigenvalue weighted by Crippen LogP contribution is 2.18. The zero-order chi connectivity index (χ0) is 20.0. The first-order chi connectivity index (χ1) is 13.4. The Kier molecular flexibility index (Phi) is 5.80. The normalized spacial score (nSPS) is 10.9. The summed E-state index contributed by atoms with van der Waals surface area (Å²) in [6.45, 7) is 0.303. The first kappa shape index (κ1) is 19.2. The Labute approximate surface area is 160 Å². The minimum absolute atomic E-state index is 0.0111. The Bertz CT molecular complexity index is 1060. The number of urea groups is 1. The predicted octanol–water partition coefficient (Wildman–Crippen LogP) is 2.74. The number of hydrogen-bond acceptors (Lipinski definition) is 5. The number of carbonyl (C=O) groups excluding carboxylic acids is 1. The number of halogens is 1. The molecule has 28 heavy (non-hydrogen) atoms. The topological polar surface area (TPSA) is 113 Å². The molecule has 8 nitrogen and oxygen atoms in total. The Hall–Kier alpha value is -3.53. The molecule has 3 N–H and O–H groups in total. The van der Waals surface area contributed by atoms with E-state index in [-0.39, 0.29) is 10.6 Å². The lowest BCUT2D eigenvalue weighted by atomic mass is 10.3. The molecule has 0 aliphatic carbocycles. The number of amides is 2. The molecule has 0 bridgehead atoms. The summed E-state index contributed by atoms with van der Waals surface area (Å²) < 4.78 is 40.1. The molecule has 3 aromatic rings. The van der Waals surface area contributed by atoms with Crippen LogP contribution in [0.2, 0.25) is 0 Å². The fourth-order valence-electron chi connectivity index (χ4n) is 2.26. The summed E-state index contributed by atoms with van der Waals surface area (Å²) in [6.07, 6.45) is 5.45. The molecule has 0 saturated heterocycles. The van der Waals surface area contributed by atoms with Gasteiger partial charge in [-0.3, -0.25) is 14.7 Å². The Morgan fingerprint density at radius 1 is 1.00 bits per heavy atom. The van der Waals surface area contributed by atoms with Crippen molar-refractivity contribution in [3.63, 3.8) is 0 Å². The number of carbonyl (C=O) groups is 1. The van der Waals surface area contributed by atoms with Crippen molar-refractivity contribution in [1.82, 2.24) is 15.3 Å². The number of benzene rings is 1. The molecule has 0 aliphatic rings. The van der Waals surface area contributed by atoms with Gasteiger partial charge in [-0.05, 0) is 35.9 Å². The van der Waals surface area contributed by atoms with Crippen LogP contribution in [-0.2, 0) is 16.6 Å². The van der Waals surface area contributed by atoms with Gasteiger partial charge in [0, 0.05) is 30.7 Å². The van der Waals surface area contributed by atoms with E-state index in [0.717, 1.165) is 17.8 Å². The first-order valence-electron chi connectivity index (χ1n) is 8.09. The van der Waals surface area contributed by atoms with E-state index in [1.807, 2.05) is 6.07 Å². The quantitative estimate of drug-likeness (QED) is 0.588. The SMILES string of the molecule is O=C(NCc1cccnc1)Nc1ccc(S(=O)(=O)Nc2cncc(F)c2)cc1. The van der Waals surface area contributed by atoms with Crippen molar-refractivity contribution in [3.05, 3.63) is 78.6 Å². The van der Waals surface area contributed by atoms with E-state index in [1.54, 1.807) is 18.5 Å². The van der Waals surface area contributed by atoms with Crippen molar-refractivity contribution in [2.75, 3.05) is 10.0 Å². The van der Waals surface area contributed by atoms with Gasteiger partial charge in [0.1, 0.15) is 5.82 Å². The second kappa shape index (κ2) is 8.44. The molecule has 1 aromatic carbocycles. The predicted molar refractivity (Wildman–Crippen MR) is 102 cm³/mol. The third-order valence-corrected chi connectivity index (χ3v) is 4.95. The number of pyridine rings is 2. The van der Waals surface area contributed by atoms with Crippen LogP contribution in [0.5, 0.6) is 0 Å². The summed E-state index contributed by atoms with van der Waals surface area (Å²) in [7, 11) is -3.91. The maximum Gasteiger partial charge on any atom is 0.319 e. The smallest absolute Gasteiger partial charge is 0.319 e. The van der Waals surface area contributed by atoms with Gasteiger partial charge in [-0.2, -0.15) is 0 Å². The van der Waals surface area contributed by atoms with E-state index in [1.165, 1.54) is 30.5 Å².